The molecule has 0 spiro atoms. The minimum Gasteiger partial charge on any atom is -0.382 e. The molecule has 5 nitrogen and oxygen atoms in total. The van der Waals surface area contributed by atoms with E-state index in [0.717, 1.165) is 63.7 Å². The Morgan fingerprint density at radius 1 is 1.25 bits per heavy atom. The Labute approximate surface area is 124 Å². The molecule has 3 rings (SSSR count). The van der Waals surface area contributed by atoms with Crippen molar-refractivity contribution in [2.75, 3.05) is 49.6 Å². The van der Waals surface area contributed by atoms with Gasteiger partial charge in [-0.3, -0.25) is 0 Å². The summed E-state index contributed by atoms with van der Waals surface area (Å²) in [4.78, 5) is 6.66. The first-order valence-electron chi connectivity index (χ1n) is 7.29. The van der Waals surface area contributed by atoms with Gasteiger partial charge in [-0.2, -0.15) is 0 Å². The zero-order chi connectivity index (χ0) is 13.8. The number of anilines is 2. The second-order valence-corrected chi connectivity index (χ2v) is 5.69. The van der Waals surface area contributed by atoms with Crippen LogP contribution in [0.5, 0.6) is 0 Å². The van der Waals surface area contributed by atoms with Gasteiger partial charge in [-0.25, -0.2) is 4.98 Å². The first-order chi connectivity index (χ1) is 9.81. The van der Waals surface area contributed by atoms with Gasteiger partial charge in [0.1, 0.15) is 11.0 Å². The van der Waals surface area contributed by atoms with Crippen LogP contribution in [0.2, 0.25) is 5.15 Å². The fourth-order valence-electron chi connectivity index (χ4n) is 2.72. The molecule has 110 valence electrons. The van der Waals surface area contributed by atoms with Crippen molar-refractivity contribution in [3.8, 4) is 0 Å². The van der Waals surface area contributed by atoms with Gasteiger partial charge in [0, 0.05) is 30.9 Å². The van der Waals surface area contributed by atoms with Gasteiger partial charge in [-0.1, -0.05) is 11.6 Å². The maximum absolute atomic E-state index is 6.17. The maximum Gasteiger partial charge on any atom is 0.133 e. The molecule has 2 N–H and O–H groups in total. The second-order valence-electron chi connectivity index (χ2n) is 5.30. The summed E-state index contributed by atoms with van der Waals surface area (Å²) in [6.07, 6.45) is 2.29. The molecule has 0 atom stereocenters. The third-order valence-corrected chi connectivity index (χ3v) is 4.02. The van der Waals surface area contributed by atoms with Crippen LogP contribution < -0.4 is 15.5 Å². The quantitative estimate of drug-likeness (QED) is 0.832. The molecule has 20 heavy (non-hydrogen) atoms. The second kappa shape index (κ2) is 6.61. The van der Waals surface area contributed by atoms with Crippen LogP contribution in [0.15, 0.2) is 12.1 Å². The number of piperidine rings is 1. The van der Waals surface area contributed by atoms with Gasteiger partial charge >= 0.3 is 0 Å². The fraction of sp³-hybridized carbons (Fsp3) is 0.643. The van der Waals surface area contributed by atoms with E-state index in [1.807, 2.05) is 6.07 Å². The van der Waals surface area contributed by atoms with Crippen molar-refractivity contribution < 1.29 is 4.74 Å². The monoisotopic (exact) mass is 296 g/mol. The zero-order valence-electron chi connectivity index (χ0n) is 11.6. The minimum absolute atomic E-state index is 0.521. The lowest BCUT2D eigenvalue weighted by Gasteiger charge is -2.29. The summed E-state index contributed by atoms with van der Waals surface area (Å²) in [6, 6.07) is 4.53. The smallest absolute Gasteiger partial charge is 0.133 e. The first-order valence-corrected chi connectivity index (χ1v) is 7.66. The Bertz CT molecular complexity index is 445. The van der Waals surface area contributed by atoms with Gasteiger partial charge in [0.05, 0.1) is 13.2 Å². The molecule has 2 fully saturated rings. The normalized spacial score (nSPS) is 20.9. The van der Waals surface area contributed by atoms with E-state index < -0.39 is 0 Å². The van der Waals surface area contributed by atoms with Crippen molar-refractivity contribution in [3.63, 3.8) is 0 Å². The summed E-state index contributed by atoms with van der Waals surface area (Å²) < 4.78 is 5.38. The Balaban J connectivity index is 1.71. The summed E-state index contributed by atoms with van der Waals surface area (Å²) in [5.41, 5.74) is 1.07. The van der Waals surface area contributed by atoms with E-state index in [1.165, 1.54) is 0 Å². The lowest BCUT2D eigenvalue weighted by molar-refractivity contribution is 0.122. The fourth-order valence-corrected chi connectivity index (χ4v) is 2.93. The van der Waals surface area contributed by atoms with Crippen molar-refractivity contribution in [3.05, 3.63) is 17.3 Å². The van der Waals surface area contributed by atoms with E-state index >= 15 is 0 Å². The number of hydrogen-bond acceptors (Lipinski definition) is 5. The van der Waals surface area contributed by atoms with Crippen molar-refractivity contribution in [2.24, 2.45) is 0 Å². The number of hydrogen-bond donors (Lipinski definition) is 2. The molecule has 2 aliphatic heterocycles. The summed E-state index contributed by atoms with van der Waals surface area (Å²) in [7, 11) is 0. The molecule has 1 aromatic rings. The van der Waals surface area contributed by atoms with Crippen molar-refractivity contribution in [2.45, 2.75) is 18.9 Å². The van der Waals surface area contributed by atoms with Crippen molar-refractivity contribution in [1.29, 1.82) is 0 Å². The number of aromatic nitrogens is 1. The molecule has 6 heteroatoms. The van der Waals surface area contributed by atoms with Crippen LogP contribution >= 0.6 is 11.6 Å². The molecule has 2 aliphatic rings. The molecule has 0 unspecified atom stereocenters. The lowest BCUT2D eigenvalue weighted by atomic mass is 10.1. The highest BCUT2D eigenvalue weighted by atomic mass is 35.5. The highest BCUT2D eigenvalue weighted by Gasteiger charge is 2.16. The first kappa shape index (κ1) is 13.9. The summed E-state index contributed by atoms with van der Waals surface area (Å²) >= 11 is 6.17. The SMILES string of the molecule is Clc1cc(NC2CCNCC2)cc(N2CCOCC2)n1. The van der Waals surface area contributed by atoms with E-state index in [-0.39, 0.29) is 0 Å². The summed E-state index contributed by atoms with van der Waals surface area (Å²) in [5.74, 6) is 0.942. The topological polar surface area (TPSA) is 49.4 Å². The van der Waals surface area contributed by atoms with Gasteiger partial charge < -0.3 is 20.3 Å². The van der Waals surface area contributed by atoms with Crippen LogP contribution in [0.1, 0.15) is 12.8 Å². The highest BCUT2D eigenvalue weighted by molar-refractivity contribution is 6.29. The van der Waals surface area contributed by atoms with E-state index in [0.29, 0.717) is 11.2 Å². The number of pyridine rings is 1. The van der Waals surface area contributed by atoms with Crippen molar-refractivity contribution in [1.82, 2.24) is 10.3 Å². The third-order valence-electron chi connectivity index (χ3n) is 3.83. The molecule has 0 saturated carbocycles. The number of morpholine rings is 1. The number of rotatable bonds is 3. The molecule has 0 aliphatic carbocycles. The average molecular weight is 297 g/mol. The molecular formula is C14H21ClN4O. The van der Waals surface area contributed by atoms with Crippen LogP contribution in [0.3, 0.4) is 0 Å². The maximum atomic E-state index is 6.17. The van der Waals surface area contributed by atoms with Gasteiger partial charge in [-0.05, 0) is 32.0 Å². The molecule has 0 radical (unpaired) electrons. The number of halogens is 1. The van der Waals surface area contributed by atoms with E-state index in [4.69, 9.17) is 16.3 Å². The molecule has 1 aromatic heterocycles. The molecule has 3 heterocycles. The summed E-state index contributed by atoms with van der Waals surface area (Å²) in [6.45, 7) is 5.41. The minimum atomic E-state index is 0.521. The molecule has 2 saturated heterocycles. The molecular weight excluding hydrogens is 276 g/mol. The largest absolute Gasteiger partial charge is 0.382 e. The zero-order valence-corrected chi connectivity index (χ0v) is 12.3. The number of nitrogens with zero attached hydrogens (tertiary/aromatic N) is 2. The Hall–Kier alpha value is -1.04. The molecule has 0 amide bonds. The Morgan fingerprint density at radius 2 is 2.00 bits per heavy atom. The van der Waals surface area contributed by atoms with Crippen LogP contribution in [-0.4, -0.2) is 50.4 Å². The Morgan fingerprint density at radius 3 is 2.75 bits per heavy atom. The van der Waals surface area contributed by atoms with Gasteiger partial charge in [-0.15, -0.1) is 0 Å². The number of ether oxygens (including phenoxy) is 1. The van der Waals surface area contributed by atoms with E-state index in [1.54, 1.807) is 0 Å². The van der Waals surface area contributed by atoms with E-state index in [9.17, 15) is 0 Å². The van der Waals surface area contributed by atoms with Gasteiger partial charge in [0.25, 0.3) is 0 Å². The molecule has 0 bridgehead atoms. The number of nitrogens with one attached hydrogen (secondary N) is 2. The van der Waals surface area contributed by atoms with Crippen LogP contribution in [0, 0.1) is 0 Å². The lowest BCUT2D eigenvalue weighted by Crippen LogP contribution is -2.37. The Kier molecular flexibility index (Phi) is 4.60. The van der Waals surface area contributed by atoms with E-state index in [2.05, 4.69) is 26.6 Å². The average Bonchev–Trinajstić information content (AvgIpc) is 2.49. The third kappa shape index (κ3) is 3.53. The van der Waals surface area contributed by atoms with Gasteiger partial charge in [0.2, 0.25) is 0 Å². The predicted molar refractivity (Wildman–Crippen MR) is 81.8 cm³/mol. The van der Waals surface area contributed by atoms with Crippen LogP contribution in [-0.2, 0) is 4.74 Å². The predicted octanol–water partition coefficient (Wildman–Crippen LogP) is 1.74. The summed E-state index contributed by atoms with van der Waals surface area (Å²) in [5, 5.41) is 7.50. The van der Waals surface area contributed by atoms with Crippen LogP contribution in [0.4, 0.5) is 11.5 Å². The standard InChI is InChI=1S/C14H21ClN4O/c15-13-9-12(17-11-1-3-16-4-2-11)10-14(18-13)19-5-7-20-8-6-19/h9-11,16H,1-8H2,(H,17,18). The highest BCUT2D eigenvalue weighted by Crippen LogP contribution is 2.24. The van der Waals surface area contributed by atoms with Crippen LogP contribution in [0.25, 0.3) is 0 Å². The molecule has 0 aromatic carbocycles. The van der Waals surface area contributed by atoms with Crippen molar-refractivity contribution >= 4 is 23.1 Å². The van der Waals surface area contributed by atoms with Gasteiger partial charge in [0.15, 0.2) is 0 Å².